The number of nitrogens with zero attached hydrogens (tertiary/aromatic N) is 3. The molecule has 4 aliphatic rings. The second kappa shape index (κ2) is 29.1. The zero-order valence-corrected chi connectivity index (χ0v) is 50.5. The lowest BCUT2D eigenvalue weighted by atomic mass is 9.98. The van der Waals surface area contributed by atoms with Gasteiger partial charge in [-0.05, 0) is 125 Å². The van der Waals surface area contributed by atoms with Crippen LogP contribution in [-0.4, -0.2) is 89.5 Å². The van der Waals surface area contributed by atoms with Crippen molar-refractivity contribution in [1.82, 2.24) is 20.2 Å². The number of aliphatic hydroxyl groups is 1. The number of esters is 4. The summed E-state index contributed by atoms with van der Waals surface area (Å²) in [5.74, 6) is -1.35. The fourth-order valence-electron chi connectivity index (χ4n) is 11.5. The monoisotopic (exact) mass is 1230 g/mol. The van der Waals surface area contributed by atoms with Gasteiger partial charge >= 0.3 is 30.0 Å². The number of carbonyl (C=O) groups is 5. The number of thiazole rings is 2. The van der Waals surface area contributed by atoms with Crippen LogP contribution in [0.2, 0.25) is 10.0 Å². The van der Waals surface area contributed by atoms with Gasteiger partial charge in [0.1, 0.15) is 29.8 Å². The molecule has 2 aliphatic heterocycles. The minimum Gasteiger partial charge on any atom is -0.465 e. The molecule has 15 nitrogen and oxygen atoms in total. The van der Waals surface area contributed by atoms with Crippen molar-refractivity contribution in [2.75, 3.05) is 39.5 Å². The first-order chi connectivity index (χ1) is 41.9. The fourth-order valence-corrected chi connectivity index (χ4v) is 13.7. The third-order valence-electron chi connectivity index (χ3n) is 15.4. The number of hydrogen-bond acceptors (Lipinski definition) is 16. The fraction of sp³-hybridized carbons (Fsp3) is 0.299. The van der Waals surface area contributed by atoms with Crippen LogP contribution >= 0.6 is 45.9 Å². The number of ether oxygens (including phenoxy) is 5. The molecule has 1 amide bonds. The number of hydrogen-bond donors (Lipinski definition) is 2. The SMILES string of the molecule is CCOC(=O)c1csc([C@@H]2C[C@@H](CC(=O)OCC3c4ccccc4-c4ccccc43)CN2)n1.CCOC(=O)c1csc([C@@H]2C[C@@H](CC(=O)OCC3c4ccccc4-c4ccccc43)CN2C(=O)OCc2cccc(Cl)c2)n1.OCc1cccc(Cl)c1. The van der Waals surface area contributed by atoms with E-state index in [-0.39, 0.29) is 86.7 Å². The maximum Gasteiger partial charge on any atom is 0.410 e. The molecule has 2 aromatic heterocycles. The molecule has 19 heteroatoms. The summed E-state index contributed by atoms with van der Waals surface area (Å²) in [6.07, 6.45) is 1.25. The van der Waals surface area contributed by atoms with Crippen molar-refractivity contribution < 1.29 is 52.8 Å². The summed E-state index contributed by atoms with van der Waals surface area (Å²) in [4.78, 5) is 73.8. The smallest absolute Gasteiger partial charge is 0.410 e. The summed E-state index contributed by atoms with van der Waals surface area (Å²) >= 11 is 14.4. The average Bonchev–Trinajstić information content (AvgIpc) is 2.27. The average molecular weight is 1240 g/mol. The van der Waals surface area contributed by atoms with E-state index in [0.29, 0.717) is 46.8 Å². The van der Waals surface area contributed by atoms with Crippen molar-refractivity contribution >= 4 is 75.8 Å². The molecule has 8 aromatic rings. The summed E-state index contributed by atoms with van der Waals surface area (Å²) in [7, 11) is 0. The highest BCUT2D eigenvalue weighted by Gasteiger charge is 2.41. The standard InChI is InChI=1S/C34H31ClN2O6S.C26H26N2O4S.C7H7ClO/c1-2-41-33(39)29-20-44-32(36-29)30-15-22(17-37(30)34(40)43-18-21-8-7-9-23(35)14-21)16-31(38)42-19-28-26-12-5-3-10-24(26)25-11-4-6-13-27(25)28;1-2-31-26(30)23-15-33-25(28-23)22-11-16(13-27-22)12-24(29)32-14-21-19-9-5-3-7-17(19)18-8-4-6-10-20(18)21;8-7-3-1-2-6(4-7)5-9/h3-14,20,22,28,30H,2,15-19H2,1H3;3-10,15-16,21-22,27H,2,11-14H2,1H3;1-4,9H,5H2/t22-,30-;16-,22-;/m00./s1. The molecule has 0 unspecified atom stereocenters. The number of nitrogens with one attached hydrogen (secondary N) is 1. The lowest BCUT2D eigenvalue weighted by molar-refractivity contribution is -0.145. The Labute approximate surface area is 517 Å². The van der Waals surface area contributed by atoms with Gasteiger partial charge in [0, 0.05) is 45.6 Å². The second-order valence-corrected chi connectivity index (χ2v) is 23.8. The van der Waals surface area contributed by atoms with Crippen molar-refractivity contribution in [2.45, 2.75) is 76.7 Å². The highest BCUT2D eigenvalue weighted by Crippen LogP contribution is 2.46. The summed E-state index contributed by atoms with van der Waals surface area (Å²) in [6.45, 7) is 5.78. The highest BCUT2D eigenvalue weighted by molar-refractivity contribution is 7.10. The van der Waals surface area contributed by atoms with Crippen LogP contribution in [0.4, 0.5) is 4.79 Å². The van der Waals surface area contributed by atoms with E-state index in [4.69, 9.17) is 52.0 Å². The maximum absolute atomic E-state index is 13.3. The number of aliphatic hydroxyl groups excluding tert-OH is 1. The number of carbonyl (C=O) groups excluding carboxylic acids is 5. The Bertz CT molecular complexity index is 3610. The molecular weight excluding hydrogens is 1170 g/mol. The first kappa shape index (κ1) is 61.3. The van der Waals surface area contributed by atoms with Crippen molar-refractivity contribution in [3.05, 3.63) is 221 Å². The molecule has 0 bridgehead atoms. The van der Waals surface area contributed by atoms with Crippen molar-refractivity contribution in [1.29, 1.82) is 0 Å². The Morgan fingerprint density at radius 1 is 0.570 bits per heavy atom. The van der Waals surface area contributed by atoms with Gasteiger partial charge in [0.15, 0.2) is 11.4 Å². The van der Waals surface area contributed by atoms with Crippen LogP contribution in [0.25, 0.3) is 22.3 Å². The van der Waals surface area contributed by atoms with E-state index in [2.05, 4.69) is 63.8 Å². The molecule has 4 heterocycles. The van der Waals surface area contributed by atoms with Gasteiger partial charge in [-0.25, -0.2) is 24.4 Å². The first-order valence-electron chi connectivity index (χ1n) is 28.6. The van der Waals surface area contributed by atoms with E-state index in [1.807, 2.05) is 66.7 Å². The molecule has 4 atom stereocenters. The summed E-state index contributed by atoms with van der Waals surface area (Å²) in [5, 5.41) is 18.0. The number of aromatic nitrogens is 2. The van der Waals surface area contributed by atoms with E-state index >= 15 is 0 Å². The van der Waals surface area contributed by atoms with Crippen LogP contribution in [-0.2, 0) is 46.5 Å². The van der Waals surface area contributed by atoms with Crippen molar-refractivity contribution in [3.8, 4) is 22.3 Å². The van der Waals surface area contributed by atoms with Crippen LogP contribution in [0.3, 0.4) is 0 Å². The summed E-state index contributed by atoms with van der Waals surface area (Å²) in [5.41, 5.74) is 11.7. The lowest BCUT2D eigenvalue weighted by Gasteiger charge is -2.22. The van der Waals surface area contributed by atoms with Gasteiger partial charge < -0.3 is 34.1 Å². The van der Waals surface area contributed by atoms with Crippen LogP contribution in [0.1, 0.15) is 128 Å². The molecule has 2 aliphatic carbocycles. The van der Waals surface area contributed by atoms with Crippen LogP contribution in [0.5, 0.6) is 0 Å². The van der Waals surface area contributed by atoms with Crippen LogP contribution in [0, 0.1) is 11.8 Å². The number of fused-ring (bicyclic) bond motifs is 6. The van der Waals surface area contributed by atoms with Gasteiger partial charge in [-0.2, -0.15) is 0 Å². The molecule has 0 radical (unpaired) electrons. The van der Waals surface area contributed by atoms with E-state index in [1.54, 1.807) is 59.8 Å². The van der Waals surface area contributed by atoms with E-state index < -0.39 is 24.1 Å². The molecule has 444 valence electrons. The summed E-state index contributed by atoms with van der Waals surface area (Å²) < 4.78 is 27.4. The zero-order valence-electron chi connectivity index (χ0n) is 47.4. The molecular formula is C67H64Cl2N4O11S2. The normalized spacial score (nSPS) is 17.2. The molecule has 2 N–H and O–H groups in total. The molecule has 2 fully saturated rings. The third-order valence-corrected chi connectivity index (χ3v) is 17.8. The van der Waals surface area contributed by atoms with Crippen LogP contribution < -0.4 is 5.32 Å². The zero-order chi connectivity index (χ0) is 60.1. The predicted octanol–water partition coefficient (Wildman–Crippen LogP) is 14.0. The third kappa shape index (κ3) is 14.9. The summed E-state index contributed by atoms with van der Waals surface area (Å²) in [6, 6.07) is 46.9. The van der Waals surface area contributed by atoms with E-state index in [0.717, 1.165) is 40.2 Å². The number of likely N-dealkylation sites (tertiary alicyclic amines) is 1. The Balaban J connectivity index is 0.000000171. The second-order valence-electron chi connectivity index (χ2n) is 21.1. The molecule has 2 saturated heterocycles. The first-order valence-corrected chi connectivity index (χ1v) is 31.1. The van der Waals surface area contributed by atoms with Gasteiger partial charge in [-0.3, -0.25) is 14.5 Å². The van der Waals surface area contributed by atoms with Gasteiger partial charge in [-0.1, -0.05) is 145 Å². The number of amides is 1. The van der Waals surface area contributed by atoms with Crippen molar-refractivity contribution in [3.63, 3.8) is 0 Å². The minimum absolute atomic E-state index is 0.0303. The molecule has 6 aromatic carbocycles. The lowest BCUT2D eigenvalue weighted by Crippen LogP contribution is -2.32. The molecule has 0 saturated carbocycles. The molecule has 86 heavy (non-hydrogen) atoms. The minimum atomic E-state index is -0.530. The molecule has 0 spiro atoms. The topological polar surface area (TPSA) is 193 Å². The van der Waals surface area contributed by atoms with Gasteiger partial charge in [0.2, 0.25) is 0 Å². The van der Waals surface area contributed by atoms with Gasteiger partial charge in [0.25, 0.3) is 0 Å². The quantitative estimate of drug-likeness (QED) is 0.0646. The largest absolute Gasteiger partial charge is 0.465 e. The number of rotatable bonds is 17. The van der Waals surface area contributed by atoms with Gasteiger partial charge in [-0.15, -0.1) is 22.7 Å². The number of benzene rings is 6. The van der Waals surface area contributed by atoms with Crippen LogP contribution in [0.15, 0.2) is 156 Å². The maximum atomic E-state index is 13.3. The predicted molar refractivity (Wildman–Crippen MR) is 330 cm³/mol. The van der Waals surface area contributed by atoms with Crippen molar-refractivity contribution in [2.24, 2.45) is 11.8 Å². The van der Waals surface area contributed by atoms with E-state index in [9.17, 15) is 24.0 Å². The number of halogens is 2. The Hall–Kier alpha value is -7.77. The Kier molecular flexibility index (Phi) is 20.7. The van der Waals surface area contributed by atoms with E-state index in [1.165, 1.54) is 56.1 Å². The Morgan fingerprint density at radius 2 is 1.03 bits per heavy atom. The Morgan fingerprint density at radius 3 is 1.52 bits per heavy atom. The molecule has 12 rings (SSSR count). The van der Waals surface area contributed by atoms with Gasteiger partial charge in [0.05, 0.1) is 38.3 Å². The highest BCUT2D eigenvalue weighted by atomic mass is 35.5.